The minimum atomic E-state index is -0.485. The Morgan fingerprint density at radius 2 is 1.75 bits per heavy atom. The van der Waals surface area contributed by atoms with E-state index in [1.165, 1.54) is 0 Å². The van der Waals surface area contributed by atoms with Crippen molar-refractivity contribution >= 4 is 11.8 Å². The van der Waals surface area contributed by atoms with Gasteiger partial charge >= 0.3 is 0 Å². The Bertz CT molecular complexity index is 239. The molecule has 2 amide bonds. The fourth-order valence-corrected chi connectivity index (χ4v) is 1.33. The first kappa shape index (κ1) is 14.9. The fourth-order valence-electron chi connectivity index (χ4n) is 1.33. The van der Waals surface area contributed by atoms with Gasteiger partial charge in [-0.25, -0.2) is 0 Å². The van der Waals surface area contributed by atoms with Crippen molar-refractivity contribution in [2.45, 2.75) is 33.7 Å². The molecule has 0 bridgehead atoms. The van der Waals surface area contributed by atoms with Crippen molar-refractivity contribution in [1.29, 1.82) is 0 Å². The van der Waals surface area contributed by atoms with Crippen molar-refractivity contribution in [3.63, 3.8) is 0 Å². The smallest absolute Gasteiger partial charge is 0.244 e. The molecule has 0 radical (unpaired) electrons. The maximum absolute atomic E-state index is 11.8. The lowest BCUT2D eigenvalue weighted by atomic mass is 10.1. The number of amides is 2. The van der Waals surface area contributed by atoms with Crippen LogP contribution in [0.4, 0.5) is 0 Å². The molecule has 2 atom stereocenters. The van der Waals surface area contributed by atoms with Crippen molar-refractivity contribution in [3.05, 3.63) is 0 Å². The lowest BCUT2D eigenvalue weighted by molar-refractivity contribution is -0.136. The third kappa shape index (κ3) is 4.18. The van der Waals surface area contributed by atoms with Gasteiger partial charge in [-0.3, -0.25) is 9.59 Å². The molecule has 0 spiro atoms. The van der Waals surface area contributed by atoms with E-state index in [0.29, 0.717) is 13.1 Å². The highest BCUT2D eigenvalue weighted by atomic mass is 16.2. The summed E-state index contributed by atoms with van der Waals surface area (Å²) in [7, 11) is 0. The molecular formula is C11H23N3O2. The second kappa shape index (κ2) is 7.22. The van der Waals surface area contributed by atoms with Gasteiger partial charge in [0.15, 0.2) is 0 Å². The van der Waals surface area contributed by atoms with E-state index in [9.17, 15) is 9.59 Å². The van der Waals surface area contributed by atoms with Gasteiger partial charge in [-0.2, -0.15) is 0 Å². The van der Waals surface area contributed by atoms with Crippen molar-refractivity contribution in [3.8, 4) is 0 Å². The van der Waals surface area contributed by atoms with Gasteiger partial charge in [0.1, 0.15) is 6.04 Å². The van der Waals surface area contributed by atoms with Gasteiger partial charge in [0, 0.05) is 25.6 Å². The Hall–Kier alpha value is -1.10. The van der Waals surface area contributed by atoms with Gasteiger partial charge in [-0.1, -0.05) is 6.92 Å². The van der Waals surface area contributed by atoms with E-state index in [0.717, 1.165) is 0 Å². The largest absolute Gasteiger partial charge is 0.344 e. The van der Waals surface area contributed by atoms with Crippen LogP contribution in [0, 0.1) is 5.92 Å². The Balaban J connectivity index is 4.29. The molecule has 0 aliphatic heterocycles. The average Bonchev–Trinajstić information content (AvgIpc) is 2.29. The second-order valence-corrected chi connectivity index (χ2v) is 3.88. The third-order valence-electron chi connectivity index (χ3n) is 2.61. The maximum atomic E-state index is 11.8. The lowest BCUT2D eigenvalue weighted by Gasteiger charge is -2.24. The van der Waals surface area contributed by atoms with Crippen LogP contribution in [0.5, 0.6) is 0 Å². The minimum absolute atomic E-state index is 0.0532. The molecule has 0 saturated heterocycles. The summed E-state index contributed by atoms with van der Waals surface area (Å²) in [5.41, 5.74) is 5.38. The Kier molecular flexibility index (Phi) is 6.72. The SMILES string of the molecule is CCN(CC)C(=O)C(C)NC(=O)C(C)CN. The van der Waals surface area contributed by atoms with Crippen LogP contribution in [0.15, 0.2) is 0 Å². The van der Waals surface area contributed by atoms with Crippen LogP contribution in [0.1, 0.15) is 27.7 Å². The second-order valence-electron chi connectivity index (χ2n) is 3.88. The lowest BCUT2D eigenvalue weighted by Crippen LogP contribution is -2.48. The molecule has 0 heterocycles. The number of likely N-dealkylation sites (N-methyl/N-ethyl adjacent to an activating group) is 1. The molecule has 3 N–H and O–H groups in total. The normalized spacial score (nSPS) is 14.1. The first-order valence-electron chi connectivity index (χ1n) is 5.77. The summed E-state index contributed by atoms with van der Waals surface area (Å²) < 4.78 is 0. The zero-order valence-corrected chi connectivity index (χ0v) is 10.6. The van der Waals surface area contributed by atoms with Crippen LogP contribution in [-0.2, 0) is 9.59 Å². The summed E-state index contributed by atoms with van der Waals surface area (Å²) in [4.78, 5) is 25.1. The quantitative estimate of drug-likeness (QED) is 0.671. The topological polar surface area (TPSA) is 75.4 Å². The summed E-state index contributed by atoms with van der Waals surface area (Å²) in [6.45, 7) is 8.87. The van der Waals surface area contributed by atoms with Crippen LogP contribution in [0.25, 0.3) is 0 Å². The predicted molar refractivity (Wildman–Crippen MR) is 63.8 cm³/mol. The van der Waals surface area contributed by atoms with Gasteiger partial charge in [-0.15, -0.1) is 0 Å². The van der Waals surface area contributed by atoms with Gasteiger partial charge < -0.3 is 16.0 Å². The maximum Gasteiger partial charge on any atom is 0.244 e. The number of hydrogen-bond donors (Lipinski definition) is 2. The van der Waals surface area contributed by atoms with Crippen LogP contribution in [0.3, 0.4) is 0 Å². The van der Waals surface area contributed by atoms with E-state index >= 15 is 0 Å². The van der Waals surface area contributed by atoms with E-state index in [1.54, 1.807) is 18.7 Å². The molecule has 2 unspecified atom stereocenters. The fraction of sp³-hybridized carbons (Fsp3) is 0.818. The number of carbonyl (C=O) groups excluding carboxylic acids is 2. The first-order valence-corrected chi connectivity index (χ1v) is 5.77. The van der Waals surface area contributed by atoms with Crippen molar-refractivity contribution < 1.29 is 9.59 Å². The molecule has 0 aromatic rings. The minimum Gasteiger partial charge on any atom is -0.344 e. The van der Waals surface area contributed by atoms with Crippen molar-refractivity contribution in [2.24, 2.45) is 11.7 Å². The van der Waals surface area contributed by atoms with E-state index in [1.807, 2.05) is 13.8 Å². The highest BCUT2D eigenvalue weighted by Crippen LogP contribution is 1.97. The van der Waals surface area contributed by atoms with E-state index in [2.05, 4.69) is 5.32 Å². The Morgan fingerprint density at radius 1 is 1.25 bits per heavy atom. The summed E-state index contributed by atoms with van der Waals surface area (Å²) in [5, 5.41) is 2.67. The monoisotopic (exact) mass is 229 g/mol. The summed E-state index contributed by atoms with van der Waals surface area (Å²) >= 11 is 0. The van der Waals surface area contributed by atoms with Gasteiger partial charge in [0.2, 0.25) is 11.8 Å². The standard InChI is InChI=1S/C11H23N3O2/c1-5-14(6-2)11(16)9(4)13-10(15)8(3)7-12/h8-9H,5-7,12H2,1-4H3,(H,13,15). The van der Waals surface area contributed by atoms with Crippen LogP contribution in [-0.4, -0.2) is 42.4 Å². The number of nitrogens with two attached hydrogens (primary N) is 1. The van der Waals surface area contributed by atoms with Gasteiger partial charge in [0.05, 0.1) is 0 Å². The molecule has 0 rings (SSSR count). The molecule has 5 nitrogen and oxygen atoms in total. The zero-order valence-electron chi connectivity index (χ0n) is 10.6. The molecule has 0 aliphatic rings. The van der Waals surface area contributed by atoms with Crippen LogP contribution >= 0.6 is 0 Å². The summed E-state index contributed by atoms with van der Waals surface area (Å²) in [5.74, 6) is -0.481. The van der Waals surface area contributed by atoms with Crippen LogP contribution in [0.2, 0.25) is 0 Å². The van der Waals surface area contributed by atoms with Crippen LogP contribution < -0.4 is 11.1 Å². The van der Waals surface area contributed by atoms with Gasteiger partial charge in [0.25, 0.3) is 0 Å². The van der Waals surface area contributed by atoms with Gasteiger partial charge in [-0.05, 0) is 20.8 Å². The molecule has 0 saturated carbocycles. The van der Waals surface area contributed by atoms with E-state index in [-0.39, 0.29) is 24.3 Å². The molecule has 5 heteroatoms. The summed E-state index contributed by atoms with van der Waals surface area (Å²) in [6, 6.07) is -0.485. The number of nitrogens with one attached hydrogen (secondary N) is 1. The Labute approximate surface area is 97.4 Å². The van der Waals surface area contributed by atoms with Crippen molar-refractivity contribution in [2.75, 3.05) is 19.6 Å². The number of nitrogens with zero attached hydrogens (tertiary/aromatic N) is 1. The Morgan fingerprint density at radius 3 is 2.12 bits per heavy atom. The average molecular weight is 229 g/mol. The molecule has 0 aromatic heterocycles. The predicted octanol–water partition coefficient (Wildman–Crippen LogP) is -0.0457. The van der Waals surface area contributed by atoms with E-state index < -0.39 is 6.04 Å². The molecule has 94 valence electrons. The molecule has 0 aromatic carbocycles. The summed E-state index contributed by atoms with van der Waals surface area (Å²) in [6.07, 6.45) is 0. The highest BCUT2D eigenvalue weighted by molar-refractivity contribution is 5.88. The first-order chi connectivity index (χ1) is 7.47. The molecule has 0 aliphatic carbocycles. The third-order valence-corrected chi connectivity index (χ3v) is 2.61. The van der Waals surface area contributed by atoms with E-state index in [4.69, 9.17) is 5.73 Å². The zero-order chi connectivity index (χ0) is 12.7. The number of carbonyl (C=O) groups is 2. The molecule has 0 fully saturated rings. The number of hydrogen-bond acceptors (Lipinski definition) is 3. The highest BCUT2D eigenvalue weighted by Gasteiger charge is 2.21. The molecule has 16 heavy (non-hydrogen) atoms. The van der Waals surface area contributed by atoms with Crippen molar-refractivity contribution in [1.82, 2.24) is 10.2 Å². The molecular weight excluding hydrogens is 206 g/mol. The number of rotatable bonds is 6.